The Bertz CT molecular complexity index is 630. The maximum Gasteiger partial charge on any atom is 0.231 e. The molecule has 1 aromatic rings. The van der Waals surface area contributed by atoms with Crippen LogP contribution in [-0.2, 0) is 16.0 Å². The Kier molecular flexibility index (Phi) is 5.06. The molecule has 1 saturated carbocycles. The molecular formula is C17H21ClFN3O2. The minimum absolute atomic E-state index is 0.0325. The van der Waals surface area contributed by atoms with E-state index >= 15 is 0 Å². The summed E-state index contributed by atoms with van der Waals surface area (Å²) >= 11 is 5.98. The van der Waals surface area contributed by atoms with E-state index in [1.165, 1.54) is 12.1 Å². The van der Waals surface area contributed by atoms with E-state index in [-0.39, 0.29) is 41.4 Å². The summed E-state index contributed by atoms with van der Waals surface area (Å²) in [5.74, 6) is -0.180. The van der Waals surface area contributed by atoms with Gasteiger partial charge in [0.25, 0.3) is 0 Å². The Labute approximate surface area is 145 Å². The second kappa shape index (κ2) is 7.07. The SMILES string of the molecule is NC(=O)CN1C[C@H](NC(=O)Cc2c(F)cccc2Cl)[C@@H](C2CC2)C1. The van der Waals surface area contributed by atoms with Gasteiger partial charge in [0.2, 0.25) is 11.8 Å². The number of primary amides is 1. The number of hydrogen-bond acceptors (Lipinski definition) is 3. The fourth-order valence-corrected chi connectivity index (χ4v) is 3.77. The van der Waals surface area contributed by atoms with Gasteiger partial charge < -0.3 is 11.1 Å². The van der Waals surface area contributed by atoms with E-state index in [9.17, 15) is 14.0 Å². The highest BCUT2D eigenvalue weighted by Crippen LogP contribution is 2.41. The van der Waals surface area contributed by atoms with Crippen LogP contribution < -0.4 is 11.1 Å². The number of nitrogens with one attached hydrogen (secondary N) is 1. The smallest absolute Gasteiger partial charge is 0.231 e. The van der Waals surface area contributed by atoms with E-state index in [1.807, 2.05) is 4.90 Å². The lowest BCUT2D eigenvalue weighted by Gasteiger charge is -2.19. The molecule has 1 aliphatic heterocycles. The number of amides is 2. The topological polar surface area (TPSA) is 75.4 Å². The maximum absolute atomic E-state index is 13.8. The van der Waals surface area contributed by atoms with Crippen molar-refractivity contribution in [3.8, 4) is 0 Å². The molecule has 2 fully saturated rings. The van der Waals surface area contributed by atoms with Crippen molar-refractivity contribution in [3.05, 3.63) is 34.6 Å². The summed E-state index contributed by atoms with van der Waals surface area (Å²) in [6.45, 7) is 1.56. The largest absolute Gasteiger partial charge is 0.369 e. The van der Waals surface area contributed by atoms with Crippen LogP contribution in [0.2, 0.25) is 5.02 Å². The third-order valence-electron chi connectivity index (χ3n) is 4.79. The lowest BCUT2D eigenvalue weighted by molar-refractivity contribution is -0.121. The number of likely N-dealkylation sites (tertiary alicyclic amines) is 1. The molecule has 24 heavy (non-hydrogen) atoms. The van der Waals surface area contributed by atoms with Gasteiger partial charge in [-0.1, -0.05) is 17.7 Å². The molecule has 0 radical (unpaired) electrons. The van der Waals surface area contributed by atoms with Gasteiger partial charge in [0.1, 0.15) is 5.82 Å². The first kappa shape index (κ1) is 17.2. The van der Waals surface area contributed by atoms with Gasteiger partial charge in [-0.15, -0.1) is 0 Å². The minimum Gasteiger partial charge on any atom is -0.369 e. The molecule has 2 amide bonds. The van der Waals surface area contributed by atoms with Gasteiger partial charge in [-0.3, -0.25) is 14.5 Å². The molecule has 3 rings (SSSR count). The molecule has 1 aliphatic carbocycles. The Morgan fingerprint density at radius 2 is 2.08 bits per heavy atom. The number of hydrogen-bond donors (Lipinski definition) is 2. The molecule has 0 spiro atoms. The van der Waals surface area contributed by atoms with E-state index in [0.717, 1.165) is 19.4 Å². The van der Waals surface area contributed by atoms with Gasteiger partial charge >= 0.3 is 0 Å². The summed E-state index contributed by atoms with van der Waals surface area (Å²) in [5.41, 5.74) is 5.48. The van der Waals surface area contributed by atoms with Gasteiger partial charge in [0, 0.05) is 29.7 Å². The first-order chi connectivity index (χ1) is 11.4. The summed E-state index contributed by atoms with van der Waals surface area (Å²) in [5, 5.41) is 3.25. The monoisotopic (exact) mass is 353 g/mol. The normalized spacial score (nSPS) is 24.1. The van der Waals surface area contributed by atoms with Crippen LogP contribution in [0.15, 0.2) is 18.2 Å². The fraction of sp³-hybridized carbons (Fsp3) is 0.529. The van der Waals surface area contributed by atoms with Crippen LogP contribution in [0, 0.1) is 17.7 Å². The van der Waals surface area contributed by atoms with Gasteiger partial charge in [-0.05, 0) is 36.8 Å². The average Bonchev–Trinajstić information content (AvgIpc) is 3.26. The molecule has 7 heteroatoms. The van der Waals surface area contributed by atoms with Crippen LogP contribution in [0.5, 0.6) is 0 Å². The Morgan fingerprint density at radius 1 is 1.33 bits per heavy atom. The molecule has 5 nitrogen and oxygen atoms in total. The standard InChI is InChI=1S/C17H21ClFN3O2/c18-13-2-1-3-14(19)11(13)6-17(24)21-15-8-22(9-16(20)23)7-12(15)10-4-5-10/h1-3,10,12,15H,4-9H2,(H2,20,23)(H,21,24)/t12-,15+/m1/s1. The van der Waals surface area contributed by atoms with Gasteiger partial charge in [0.05, 0.1) is 13.0 Å². The number of nitrogens with two attached hydrogens (primary N) is 1. The highest BCUT2D eigenvalue weighted by molar-refractivity contribution is 6.31. The number of carbonyl (C=O) groups is 2. The number of halogens is 2. The molecule has 1 aromatic carbocycles. The van der Waals surface area contributed by atoms with Crippen molar-refractivity contribution in [2.24, 2.45) is 17.6 Å². The highest BCUT2D eigenvalue weighted by atomic mass is 35.5. The first-order valence-electron chi connectivity index (χ1n) is 8.17. The molecule has 0 unspecified atom stereocenters. The predicted molar refractivity (Wildman–Crippen MR) is 88.9 cm³/mol. The van der Waals surface area contributed by atoms with Crippen molar-refractivity contribution in [3.63, 3.8) is 0 Å². The molecule has 2 atom stereocenters. The molecule has 2 aliphatic rings. The zero-order valence-corrected chi connectivity index (χ0v) is 14.1. The van der Waals surface area contributed by atoms with Crippen LogP contribution in [0.3, 0.4) is 0 Å². The molecule has 130 valence electrons. The van der Waals surface area contributed by atoms with Crippen LogP contribution in [0.25, 0.3) is 0 Å². The number of nitrogens with zero attached hydrogens (tertiary/aromatic N) is 1. The third-order valence-corrected chi connectivity index (χ3v) is 5.15. The van der Waals surface area contributed by atoms with E-state index < -0.39 is 5.82 Å². The molecule has 3 N–H and O–H groups in total. The fourth-order valence-electron chi connectivity index (χ4n) is 3.54. The van der Waals surface area contributed by atoms with E-state index in [4.69, 9.17) is 17.3 Å². The zero-order chi connectivity index (χ0) is 17.3. The van der Waals surface area contributed by atoms with Crippen molar-refractivity contribution in [2.75, 3.05) is 19.6 Å². The zero-order valence-electron chi connectivity index (χ0n) is 13.3. The van der Waals surface area contributed by atoms with Crippen LogP contribution in [0.4, 0.5) is 4.39 Å². The van der Waals surface area contributed by atoms with Crippen molar-refractivity contribution in [1.82, 2.24) is 10.2 Å². The van der Waals surface area contributed by atoms with Crippen molar-refractivity contribution in [1.29, 1.82) is 0 Å². The summed E-state index contributed by atoms with van der Waals surface area (Å²) in [6, 6.07) is 4.35. The molecule has 1 heterocycles. The van der Waals surface area contributed by atoms with Gasteiger partial charge in [-0.25, -0.2) is 4.39 Å². The van der Waals surface area contributed by atoms with Crippen LogP contribution >= 0.6 is 11.6 Å². The van der Waals surface area contributed by atoms with Crippen LogP contribution in [0.1, 0.15) is 18.4 Å². The van der Waals surface area contributed by atoms with Crippen LogP contribution in [-0.4, -0.2) is 42.4 Å². The first-order valence-corrected chi connectivity index (χ1v) is 8.54. The Balaban J connectivity index is 1.63. The second-order valence-electron chi connectivity index (χ2n) is 6.71. The summed E-state index contributed by atoms with van der Waals surface area (Å²) in [6.07, 6.45) is 2.22. The van der Waals surface area contributed by atoms with Gasteiger partial charge in [0.15, 0.2) is 0 Å². The second-order valence-corrected chi connectivity index (χ2v) is 7.12. The molecular weight excluding hydrogens is 333 g/mol. The third kappa shape index (κ3) is 4.05. The minimum atomic E-state index is -0.474. The van der Waals surface area contributed by atoms with Gasteiger partial charge in [-0.2, -0.15) is 0 Å². The van der Waals surface area contributed by atoms with Crippen molar-refractivity contribution in [2.45, 2.75) is 25.3 Å². The van der Waals surface area contributed by atoms with E-state index in [2.05, 4.69) is 5.32 Å². The Morgan fingerprint density at radius 3 is 2.71 bits per heavy atom. The lowest BCUT2D eigenvalue weighted by Crippen LogP contribution is -2.42. The lowest BCUT2D eigenvalue weighted by atomic mass is 9.98. The highest BCUT2D eigenvalue weighted by Gasteiger charge is 2.43. The summed E-state index contributed by atoms with van der Waals surface area (Å²) in [7, 11) is 0. The molecule has 0 bridgehead atoms. The summed E-state index contributed by atoms with van der Waals surface area (Å²) < 4.78 is 13.8. The molecule has 1 saturated heterocycles. The number of rotatable bonds is 6. The van der Waals surface area contributed by atoms with Crippen molar-refractivity contribution >= 4 is 23.4 Å². The summed E-state index contributed by atoms with van der Waals surface area (Å²) in [4.78, 5) is 25.5. The quantitative estimate of drug-likeness (QED) is 0.810. The molecule has 0 aromatic heterocycles. The Hall–Kier alpha value is -1.66. The predicted octanol–water partition coefficient (Wildman–Crippen LogP) is 1.33. The number of carbonyl (C=O) groups excluding carboxylic acids is 2. The maximum atomic E-state index is 13.8. The van der Waals surface area contributed by atoms with E-state index in [1.54, 1.807) is 6.07 Å². The number of benzene rings is 1. The van der Waals surface area contributed by atoms with Crippen molar-refractivity contribution < 1.29 is 14.0 Å². The average molecular weight is 354 g/mol. The van der Waals surface area contributed by atoms with E-state index in [0.29, 0.717) is 18.4 Å².